The summed E-state index contributed by atoms with van der Waals surface area (Å²) in [6.45, 7) is 3.85. The van der Waals surface area contributed by atoms with Gasteiger partial charge in [-0.15, -0.1) is 0 Å². The number of benzene rings is 1. The van der Waals surface area contributed by atoms with E-state index in [4.69, 9.17) is 4.74 Å². The van der Waals surface area contributed by atoms with E-state index in [2.05, 4.69) is 4.98 Å². The molecule has 1 N–H and O–H groups in total. The molecule has 0 spiro atoms. The summed E-state index contributed by atoms with van der Waals surface area (Å²) in [5, 5.41) is 10.2. The Morgan fingerprint density at radius 2 is 1.90 bits per heavy atom. The second-order valence-corrected chi connectivity index (χ2v) is 4.82. The molecule has 0 aliphatic carbocycles. The second kappa shape index (κ2) is 6.01. The maximum Gasteiger partial charge on any atom is 0.128 e. The molecule has 1 aromatic heterocycles. The smallest absolute Gasteiger partial charge is 0.128 e. The summed E-state index contributed by atoms with van der Waals surface area (Å²) < 4.78 is 18.2. The van der Waals surface area contributed by atoms with Crippen LogP contribution in [0.1, 0.15) is 28.5 Å². The van der Waals surface area contributed by atoms with Crippen molar-refractivity contribution in [2.24, 2.45) is 0 Å². The Morgan fingerprint density at radius 3 is 2.50 bits per heavy atom. The SMILES string of the molecule is COc1c(C)cnc(CC(O)c2ccc(F)cc2)c1C. The van der Waals surface area contributed by atoms with E-state index in [1.165, 1.54) is 12.1 Å². The summed E-state index contributed by atoms with van der Waals surface area (Å²) >= 11 is 0. The van der Waals surface area contributed by atoms with E-state index in [0.717, 1.165) is 22.6 Å². The standard InChI is InChI=1S/C16H18FNO2/c1-10-9-18-14(11(2)16(10)20-3)8-15(19)12-4-6-13(17)7-5-12/h4-7,9,15,19H,8H2,1-3H3. The highest BCUT2D eigenvalue weighted by Gasteiger charge is 2.15. The predicted octanol–water partition coefficient (Wildman–Crippen LogP) is 3.12. The molecule has 2 rings (SSSR count). The van der Waals surface area contributed by atoms with Crippen LogP contribution in [-0.2, 0) is 6.42 Å². The van der Waals surface area contributed by atoms with Crippen LogP contribution in [0.5, 0.6) is 5.75 Å². The molecule has 4 heteroatoms. The van der Waals surface area contributed by atoms with Crippen LogP contribution in [0.2, 0.25) is 0 Å². The van der Waals surface area contributed by atoms with Gasteiger partial charge < -0.3 is 9.84 Å². The zero-order chi connectivity index (χ0) is 14.7. The summed E-state index contributed by atoms with van der Waals surface area (Å²) in [5.74, 6) is 0.480. The van der Waals surface area contributed by atoms with Crippen molar-refractivity contribution < 1.29 is 14.2 Å². The van der Waals surface area contributed by atoms with Crippen LogP contribution < -0.4 is 4.74 Å². The highest BCUT2D eigenvalue weighted by atomic mass is 19.1. The Morgan fingerprint density at radius 1 is 1.25 bits per heavy atom. The third-order valence-electron chi connectivity index (χ3n) is 3.39. The van der Waals surface area contributed by atoms with Crippen LogP contribution in [0.3, 0.4) is 0 Å². The minimum atomic E-state index is -0.714. The molecule has 106 valence electrons. The van der Waals surface area contributed by atoms with Gasteiger partial charge in [0.2, 0.25) is 0 Å². The van der Waals surface area contributed by atoms with Gasteiger partial charge in [0.05, 0.1) is 13.2 Å². The van der Waals surface area contributed by atoms with Gasteiger partial charge in [0, 0.05) is 29.4 Å². The number of methoxy groups -OCH3 is 1. The number of halogens is 1. The number of aliphatic hydroxyl groups is 1. The van der Waals surface area contributed by atoms with E-state index in [1.54, 1.807) is 25.4 Å². The van der Waals surface area contributed by atoms with E-state index >= 15 is 0 Å². The minimum absolute atomic E-state index is 0.313. The first-order chi connectivity index (χ1) is 9.52. The van der Waals surface area contributed by atoms with Gasteiger partial charge in [-0.05, 0) is 31.5 Å². The average Bonchev–Trinajstić information content (AvgIpc) is 2.43. The Bertz CT molecular complexity index is 596. The summed E-state index contributed by atoms with van der Waals surface area (Å²) in [6.07, 6.45) is 1.39. The lowest BCUT2D eigenvalue weighted by atomic mass is 10.0. The van der Waals surface area contributed by atoms with Gasteiger partial charge in [-0.25, -0.2) is 4.39 Å². The molecule has 1 atom stereocenters. The third-order valence-corrected chi connectivity index (χ3v) is 3.39. The Balaban J connectivity index is 2.23. The van der Waals surface area contributed by atoms with Crippen molar-refractivity contribution in [3.8, 4) is 5.75 Å². The largest absolute Gasteiger partial charge is 0.496 e. The summed E-state index contributed by atoms with van der Waals surface area (Å²) in [4.78, 5) is 4.36. The van der Waals surface area contributed by atoms with Crippen molar-refractivity contribution in [1.82, 2.24) is 4.98 Å². The van der Waals surface area contributed by atoms with Gasteiger partial charge >= 0.3 is 0 Å². The summed E-state index contributed by atoms with van der Waals surface area (Å²) in [5.41, 5.74) is 3.34. The fourth-order valence-corrected chi connectivity index (χ4v) is 2.26. The number of aromatic nitrogens is 1. The lowest BCUT2D eigenvalue weighted by Crippen LogP contribution is -2.07. The van der Waals surface area contributed by atoms with Crippen LogP contribution >= 0.6 is 0 Å². The zero-order valence-corrected chi connectivity index (χ0v) is 11.9. The minimum Gasteiger partial charge on any atom is -0.496 e. The van der Waals surface area contributed by atoms with Crippen molar-refractivity contribution in [3.63, 3.8) is 0 Å². The molecule has 1 aromatic carbocycles. The highest BCUT2D eigenvalue weighted by molar-refractivity contribution is 5.41. The molecule has 0 saturated carbocycles. The van der Waals surface area contributed by atoms with Crippen molar-refractivity contribution >= 4 is 0 Å². The molecule has 0 radical (unpaired) electrons. The predicted molar refractivity (Wildman–Crippen MR) is 75.3 cm³/mol. The van der Waals surface area contributed by atoms with E-state index in [-0.39, 0.29) is 5.82 Å². The Labute approximate surface area is 118 Å². The summed E-state index contributed by atoms with van der Waals surface area (Å²) in [7, 11) is 1.62. The molecule has 0 amide bonds. The van der Waals surface area contributed by atoms with Crippen LogP contribution in [0.4, 0.5) is 4.39 Å². The Hall–Kier alpha value is -1.94. The summed E-state index contributed by atoms with van der Waals surface area (Å²) in [6, 6.07) is 5.85. The average molecular weight is 275 g/mol. The molecule has 20 heavy (non-hydrogen) atoms. The number of ether oxygens (including phenoxy) is 1. The lowest BCUT2D eigenvalue weighted by molar-refractivity contribution is 0.176. The first kappa shape index (κ1) is 14.5. The van der Waals surface area contributed by atoms with E-state index in [9.17, 15) is 9.50 Å². The van der Waals surface area contributed by atoms with Crippen molar-refractivity contribution in [2.75, 3.05) is 7.11 Å². The molecule has 1 unspecified atom stereocenters. The zero-order valence-electron chi connectivity index (χ0n) is 11.9. The molecule has 0 saturated heterocycles. The number of nitrogens with zero attached hydrogens (tertiary/aromatic N) is 1. The third kappa shape index (κ3) is 2.96. The van der Waals surface area contributed by atoms with E-state index in [1.807, 2.05) is 13.8 Å². The molecule has 0 aliphatic heterocycles. The van der Waals surface area contributed by atoms with Crippen LogP contribution in [0.15, 0.2) is 30.5 Å². The maximum absolute atomic E-state index is 12.9. The lowest BCUT2D eigenvalue weighted by Gasteiger charge is -2.15. The molecule has 3 nitrogen and oxygen atoms in total. The molecular formula is C16H18FNO2. The van der Waals surface area contributed by atoms with Gasteiger partial charge in [0.1, 0.15) is 11.6 Å². The molecule has 2 aromatic rings. The first-order valence-electron chi connectivity index (χ1n) is 6.45. The second-order valence-electron chi connectivity index (χ2n) is 4.82. The monoisotopic (exact) mass is 275 g/mol. The number of aryl methyl sites for hydroxylation is 1. The number of hydrogen-bond donors (Lipinski definition) is 1. The van der Waals surface area contributed by atoms with Crippen molar-refractivity contribution in [3.05, 3.63) is 58.7 Å². The quantitative estimate of drug-likeness (QED) is 0.932. The van der Waals surface area contributed by atoms with Gasteiger partial charge in [-0.1, -0.05) is 12.1 Å². The fraction of sp³-hybridized carbons (Fsp3) is 0.312. The number of pyridine rings is 1. The molecule has 1 heterocycles. The molecular weight excluding hydrogens is 257 g/mol. The van der Waals surface area contributed by atoms with Gasteiger partial charge in [-0.2, -0.15) is 0 Å². The molecule has 0 fully saturated rings. The van der Waals surface area contributed by atoms with Crippen molar-refractivity contribution in [1.29, 1.82) is 0 Å². The molecule has 0 bridgehead atoms. The maximum atomic E-state index is 12.9. The number of aliphatic hydroxyl groups excluding tert-OH is 1. The highest BCUT2D eigenvalue weighted by Crippen LogP contribution is 2.27. The fourth-order valence-electron chi connectivity index (χ4n) is 2.26. The van der Waals surface area contributed by atoms with E-state index in [0.29, 0.717) is 12.0 Å². The van der Waals surface area contributed by atoms with Gasteiger partial charge in [0.15, 0.2) is 0 Å². The number of hydrogen-bond acceptors (Lipinski definition) is 3. The van der Waals surface area contributed by atoms with Gasteiger partial charge in [0.25, 0.3) is 0 Å². The molecule has 0 aliphatic rings. The van der Waals surface area contributed by atoms with Crippen LogP contribution in [0.25, 0.3) is 0 Å². The first-order valence-corrected chi connectivity index (χ1v) is 6.45. The van der Waals surface area contributed by atoms with Gasteiger partial charge in [-0.3, -0.25) is 4.98 Å². The van der Waals surface area contributed by atoms with Crippen molar-refractivity contribution in [2.45, 2.75) is 26.4 Å². The topological polar surface area (TPSA) is 42.4 Å². The van der Waals surface area contributed by atoms with Crippen LogP contribution in [0, 0.1) is 19.7 Å². The normalized spacial score (nSPS) is 12.2. The van der Waals surface area contributed by atoms with E-state index < -0.39 is 6.10 Å². The van der Waals surface area contributed by atoms with Crippen LogP contribution in [-0.4, -0.2) is 17.2 Å². The Kier molecular flexibility index (Phi) is 4.35. The number of rotatable bonds is 4.